The van der Waals surface area contributed by atoms with Crippen LogP contribution in [0.5, 0.6) is 5.75 Å². The molecule has 1 atom stereocenters. The zero-order valence-electron chi connectivity index (χ0n) is 23.8. The number of primary amides is 1. The third-order valence-electron chi connectivity index (χ3n) is 8.21. The SMILES string of the molecule is COc1ccc(F)cc1C(=O)NCc1ccc(-c2nn(C3CCN(C(=O)[C@@H]4CCCN4C)CC3)c(N)c2C(N)=O)cc1. The van der Waals surface area contributed by atoms with Crippen LogP contribution in [0.4, 0.5) is 10.2 Å². The van der Waals surface area contributed by atoms with Crippen LogP contribution in [-0.2, 0) is 11.3 Å². The van der Waals surface area contributed by atoms with Crippen LogP contribution in [0.1, 0.15) is 58.0 Å². The number of hydrogen-bond donors (Lipinski definition) is 3. The Morgan fingerprint density at radius 2 is 1.79 bits per heavy atom. The first-order valence-corrected chi connectivity index (χ1v) is 14.1. The molecule has 2 aliphatic heterocycles. The van der Waals surface area contributed by atoms with Crippen molar-refractivity contribution in [3.05, 3.63) is 65.0 Å². The van der Waals surface area contributed by atoms with Crippen LogP contribution in [0.2, 0.25) is 0 Å². The zero-order chi connectivity index (χ0) is 30.0. The summed E-state index contributed by atoms with van der Waals surface area (Å²) in [6, 6.07) is 10.8. The maximum atomic E-state index is 13.7. The summed E-state index contributed by atoms with van der Waals surface area (Å²) >= 11 is 0. The number of amides is 3. The number of anilines is 1. The van der Waals surface area contributed by atoms with E-state index in [2.05, 4.69) is 10.2 Å². The molecule has 5 rings (SSSR count). The summed E-state index contributed by atoms with van der Waals surface area (Å²) in [5.41, 5.74) is 14.2. The summed E-state index contributed by atoms with van der Waals surface area (Å²) in [4.78, 5) is 42.1. The lowest BCUT2D eigenvalue weighted by Crippen LogP contribution is -2.47. The number of carbonyl (C=O) groups is 3. The van der Waals surface area contributed by atoms with Gasteiger partial charge in [0, 0.05) is 25.2 Å². The van der Waals surface area contributed by atoms with E-state index in [4.69, 9.17) is 21.3 Å². The van der Waals surface area contributed by atoms with Crippen molar-refractivity contribution in [2.45, 2.75) is 44.3 Å². The number of benzene rings is 2. The summed E-state index contributed by atoms with van der Waals surface area (Å²) in [5.74, 6) is -1.03. The molecule has 11 nitrogen and oxygen atoms in total. The molecule has 2 saturated heterocycles. The second-order valence-corrected chi connectivity index (χ2v) is 10.8. The molecule has 0 bridgehead atoms. The van der Waals surface area contributed by atoms with Crippen molar-refractivity contribution >= 4 is 23.5 Å². The molecular weight excluding hydrogens is 541 g/mol. The molecule has 0 aliphatic carbocycles. The summed E-state index contributed by atoms with van der Waals surface area (Å²) < 4.78 is 20.5. The minimum Gasteiger partial charge on any atom is -0.496 e. The number of likely N-dealkylation sites (tertiary alicyclic amines) is 2. The van der Waals surface area contributed by atoms with Gasteiger partial charge in [0.2, 0.25) is 5.91 Å². The molecule has 5 N–H and O–H groups in total. The van der Waals surface area contributed by atoms with E-state index in [1.807, 2.05) is 11.9 Å². The normalized spacial score (nSPS) is 17.8. The average Bonchev–Trinajstić information content (AvgIpc) is 3.58. The fourth-order valence-electron chi connectivity index (χ4n) is 5.85. The number of halogens is 1. The van der Waals surface area contributed by atoms with Crippen molar-refractivity contribution < 1.29 is 23.5 Å². The van der Waals surface area contributed by atoms with E-state index in [-0.39, 0.29) is 47.2 Å². The minimum atomic E-state index is -0.675. The Morgan fingerprint density at radius 1 is 1.07 bits per heavy atom. The van der Waals surface area contributed by atoms with Crippen molar-refractivity contribution in [2.24, 2.45) is 5.73 Å². The first kappa shape index (κ1) is 29.1. The number of nitrogen functional groups attached to an aromatic ring is 1. The quantitative estimate of drug-likeness (QED) is 0.373. The van der Waals surface area contributed by atoms with Crippen LogP contribution in [-0.4, -0.2) is 77.1 Å². The summed E-state index contributed by atoms with van der Waals surface area (Å²) in [6.45, 7) is 2.31. The number of hydrogen-bond acceptors (Lipinski definition) is 7. The zero-order valence-corrected chi connectivity index (χ0v) is 23.8. The van der Waals surface area contributed by atoms with Gasteiger partial charge in [0.25, 0.3) is 11.8 Å². The van der Waals surface area contributed by atoms with Crippen molar-refractivity contribution in [3.8, 4) is 17.0 Å². The van der Waals surface area contributed by atoms with Crippen LogP contribution in [0.15, 0.2) is 42.5 Å². The molecule has 222 valence electrons. The molecule has 0 saturated carbocycles. The van der Waals surface area contributed by atoms with Crippen LogP contribution >= 0.6 is 0 Å². The third-order valence-corrected chi connectivity index (χ3v) is 8.21. The lowest BCUT2D eigenvalue weighted by atomic mass is 10.0. The van der Waals surface area contributed by atoms with Gasteiger partial charge in [-0.05, 0) is 63.0 Å². The number of rotatable bonds is 8. The van der Waals surface area contributed by atoms with Gasteiger partial charge in [0.1, 0.15) is 28.6 Å². The minimum absolute atomic E-state index is 0.0511. The lowest BCUT2D eigenvalue weighted by molar-refractivity contribution is -0.136. The van der Waals surface area contributed by atoms with E-state index in [1.54, 1.807) is 28.9 Å². The Kier molecular flexibility index (Phi) is 8.44. The molecule has 2 fully saturated rings. The van der Waals surface area contributed by atoms with E-state index in [0.717, 1.165) is 31.0 Å². The summed E-state index contributed by atoms with van der Waals surface area (Å²) in [5, 5.41) is 7.48. The number of piperidine rings is 1. The standard InChI is InChI=1S/C30H36FN7O4/c1-36-13-3-4-23(36)30(41)37-14-11-21(12-15-37)38-27(32)25(28(33)39)26(35-38)19-7-5-18(6-8-19)17-34-29(40)22-16-20(31)9-10-24(22)42-2/h5-10,16,21,23H,3-4,11-15,17,32H2,1-2H3,(H2,33,39)(H,34,40)/t23-/m0/s1. The molecule has 3 aromatic rings. The molecule has 42 heavy (non-hydrogen) atoms. The fourth-order valence-corrected chi connectivity index (χ4v) is 5.85. The molecule has 0 spiro atoms. The van der Waals surface area contributed by atoms with Crippen molar-refractivity contribution in [3.63, 3.8) is 0 Å². The van der Waals surface area contributed by atoms with Gasteiger partial charge in [-0.1, -0.05) is 24.3 Å². The maximum Gasteiger partial charge on any atom is 0.255 e. The second kappa shape index (κ2) is 12.2. The predicted octanol–water partition coefficient (Wildman–Crippen LogP) is 2.57. The van der Waals surface area contributed by atoms with E-state index >= 15 is 0 Å². The number of ether oxygens (including phenoxy) is 1. The molecule has 3 amide bonds. The Morgan fingerprint density at radius 3 is 2.40 bits per heavy atom. The van der Waals surface area contributed by atoms with Crippen molar-refractivity contribution in [1.29, 1.82) is 0 Å². The second-order valence-electron chi connectivity index (χ2n) is 10.8. The van der Waals surface area contributed by atoms with Gasteiger partial charge in [-0.2, -0.15) is 5.10 Å². The number of methoxy groups -OCH3 is 1. The molecule has 0 radical (unpaired) electrons. The van der Waals surface area contributed by atoms with E-state index in [9.17, 15) is 18.8 Å². The number of nitrogens with two attached hydrogens (primary N) is 2. The first-order valence-electron chi connectivity index (χ1n) is 14.1. The highest BCUT2D eigenvalue weighted by atomic mass is 19.1. The van der Waals surface area contributed by atoms with Crippen molar-refractivity contribution in [2.75, 3.05) is 39.5 Å². The number of aromatic nitrogens is 2. The summed E-state index contributed by atoms with van der Waals surface area (Å²) in [6.07, 6.45) is 3.26. The number of nitrogens with one attached hydrogen (secondary N) is 1. The van der Waals surface area contributed by atoms with Gasteiger partial charge < -0.3 is 26.4 Å². The fraction of sp³-hybridized carbons (Fsp3) is 0.400. The smallest absolute Gasteiger partial charge is 0.255 e. The van der Waals surface area contributed by atoms with Gasteiger partial charge in [0.15, 0.2) is 0 Å². The lowest BCUT2D eigenvalue weighted by Gasteiger charge is -2.35. The van der Waals surface area contributed by atoms with Crippen LogP contribution in [0, 0.1) is 5.82 Å². The molecule has 2 aromatic carbocycles. The van der Waals surface area contributed by atoms with Crippen LogP contribution in [0.3, 0.4) is 0 Å². The van der Waals surface area contributed by atoms with Gasteiger partial charge in [-0.25, -0.2) is 9.07 Å². The molecule has 2 aliphatic rings. The van der Waals surface area contributed by atoms with Gasteiger partial charge in [0.05, 0.1) is 24.8 Å². The highest BCUT2D eigenvalue weighted by molar-refractivity contribution is 6.03. The molecule has 1 aromatic heterocycles. The van der Waals surface area contributed by atoms with Crippen molar-refractivity contribution in [1.82, 2.24) is 24.9 Å². The van der Waals surface area contributed by atoms with Gasteiger partial charge in [-0.15, -0.1) is 0 Å². The average molecular weight is 578 g/mol. The monoisotopic (exact) mass is 577 g/mol. The maximum absolute atomic E-state index is 13.7. The van der Waals surface area contributed by atoms with Gasteiger partial charge >= 0.3 is 0 Å². The number of carbonyl (C=O) groups excluding carboxylic acids is 3. The van der Waals surface area contributed by atoms with Crippen LogP contribution < -0.4 is 21.5 Å². The molecule has 12 heteroatoms. The molecular formula is C30H36FN7O4. The van der Waals surface area contributed by atoms with E-state index in [1.165, 1.54) is 19.2 Å². The Hall–Kier alpha value is -4.45. The van der Waals surface area contributed by atoms with E-state index in [0.29, 0.717) is 37.2 Å². The largest absolute Gasteiger partial charge is 0.496 e. The highest BCUT2D eigenvalue weighted by Crippen LogP contribution is 2.33. The predicted molar refractivity (Wildman–Crippen MR) is 155 cm³/mol. The number of nitrogens with zero attached hydrogens (tertiary/aromatic N) is 4. The highest BCUT2D eigenvalue weighted by Gasteiger charge is 2.34. The third kappa shape index (κ3) is 5.80. The summed E-state index contributed by atoms with van der Waals surface area (Å²) in [7, 11) is 3.41. The van der Waals surface area contributed by atoms with Crippen LogP contribution in [0.25, 0.3) is 11.3 Å². The Bertz CT molecular complexity index is 1480. The number of likely N-dealkylation sites (N-methyl/N-ethyl adjacent to an activating group) is 1. The first-order chi connectivity index (χ1) is 20.2. The topological polar surface area (TPSA) is 149 Å². The Balaban J connectivity index is 1.27. The Labute approximate surface area is 243 Å². The molecule has 0 unspecified atom stereocenters. The molecule has 3 heterocycles. The van der Waals surface area contributed by atoms with E-state index < -0.39 is 17.6 Å². The van der Waals surface area contributed by atoms with Gasteiger partial charge in [-0.3, -0.25) is 19.3 Å².